The number of piperazine rings is 1. The van der Waals surface area contributed by atoms with Crippen molar-refractivity contribution in [1.29, 1.82) is 0 Å². The van der Waals surface area contributed by atoms with E-state index in [9.17, 15) is 4.79 Å². The van der Waals surface area contributed by atoms with Crippen LogP contribution in [0.1, 0.15) is 32.4 Å². The lowest BCUT2D eigenvalue weighted by Gasteiger charge is -2.38. The minimum Gasteiger partial charge on any atom is -0.493 e. The van der Waals surface area contributed by atoms with Crippen molar-refractivity contribution < 1.29 is 23.7 Å². The van der Waals surface area contributed by atoms with Crippen LogP contribution in [-0.4, -0.2) is 57.6 Å². The number of hydrogen-bond donors (Lipinski definition) is 1. The number of benzene rings is 1. The number of carbonyl (C=O) groups excluding carboxylic acids is 1. The molecule has 1 unspecified atom stereocenters. The second-order valence-electron chi connectivity index (χ2n) is 6.82. The molecule has 1 saturated heterocycles. The summed E-state index contributed by atoms with van der Waals surface area (Å²) in [5, 5.41) is 3.32. The Kier molecular flexibility index (Phi) is 6.00. The Bertz CT molecular complexity index is 612. The number of carbonyl (C=O) groups is 1. The van der Waals surface area contributed by atoms with Gasteiger partial charge in [-0.25, -0.2) is 4.79 Å². The minimum atomic E-state index is -0.547. The standard InChI is InChI=1S/C18H28N2O5/c1-18(2,3)25-17(21)20-10-9-19-11-13(20)12-7-8-14(22-4)16(24-6)15(12)23-5/h7-8,13,19H,9-11H2,1-6H3. The quantitative estimate of drug-likeness (QED) is 0.898. The number of hydrogen-bond acceptors (Lipinski definition) is 6. The van der Waals surface area contributed by atoms with Crippen LogP contribution in [0.5, 0.6) is 17.2 Å². The highest BCUT2D eigenvalue weighted by Gasteiger charge is 2.34. The summed E-state index contributed by atoms with van der Waals surface area (Å²) in [4.78, 5) is 14.4. The second-order valence-corrected chi connectivity index (χ2v) is 6.82. The van der Waals surface area contributed by atoms with Crippen molar-refractivity contribution in [2.24, 2.45) is 0 Å². The van der Waals surface area contributed by atoms with Gasteiger partial charge in [0, 0.05) is 25.2 Å². The van der Waals surface area contributed by atoms with Gasteiger partial charge in [-0.1, -0.05) is 0 Å². The third-order valence-corrected chi connectivity index (χ3v) is 3.97. The number of nitrogens with one attached hydrogen (secondary N) is 1. The summed E-state index contributed by atoms with van der Waals surface area (Å²) in [6.07, 6.45) is -0.337. The van der Waals surface area contributed by atoms with E-state index in [0.717, 1.165) is 5.56 Å². The summed E-state index contributed by atoms with van der Waals surface area (Å²) in [6, 6.07) is 3.49. The minimum absolute atomic E-state index is 0.224. The highest BCUT2D eigenvalue weighted by molar-refractivity contribution is 5.70. The summed E-state index contributed by atoms with van der Waals surface area (Å²) in [7, 11) is 4.72. The molecule has 0 saturated carbocycles. The first-order valence-electron chi connectivity index (χ1n) is 8.31. The van der Waals surface area contributed by atoms with Crippen molar-refractivity contribution in [3.63, 3.8) is 0 Å². The normalized spacial score (nSPS) is 17.8. The molecular formula is C18H28N2O5. The molecule has 0 bridgehead atoms. The van der Waals surface area contributed by atoms with Crippen molar-refractivity contribution in [3.05, 3.63) is 17.7 Å². The number of methoxy groups -OCH3 is 3. The molecule has 7 nitrogen and oxygen atoms in total. The molecule has 1 heterocycles. The van der Waals surface area contributed by atoms with Gasteiger partial charge in [0.25, 0.3) is 0 Å². The molecule has 2 rings (SSSR count). The largest absolute Gasteiger partial charge is 0.493 e. The van der Waals surface area contributed by atoms with Crippen LogP contribution >= 0.6 is 0 Å². The summed E-state index contributed by atoms with van der Waals surface area (Å²) < 4.78 is 21.9. The van der Waals surface area contributed by atoms with Crippen LogP contribution in [0.15, 0.2) is 12.1 Å². The zero-order valence-electron chi connectivity index (χ0n) is 15.8. The summed E-state index contributed by atoms with van der Waals surface area (Å²) in [5.74, 6) is 1.65. The van der Waals surface area contributed by atoms with Gasteiger partial charge in [0.1, 0.15) is 5.60 Å². The van der Waals surface area contributed by atoms with Crippen molar-refractivity contribution in [3.8, 4) is 17.2 Å². The van der Waals surface area contributed by atoms with E-state index < -0.39 is 5.60 Å². The van der Waals surface area contributed by atoms with Gasteiger partial charge in [0.05, 0.1) is 27.4 Å². The Balaban J connectivity index is 2.41. The molecule has 7 heteroatoms. The molecule has 0 radical (unpaired) electrons. The highest BCUT2D eigenvalue weighted by atomic mass is 16.6. The van der Waals surface area contributed by atoms with E-state index in [1.165, 1.54) is 0 Å². The van der Waals surface area contributed by atoms with E-state index in [-0.39, 0.29) is 12.1 Å². The zero-order valence-corrected chi connectivity index (χ0v) is 15.8. The van der Waals surface area contributed by atoms with E-state index in [2.05, 4.69) is 5.32 Å². The molecule has 140 valence electrons. The Morgan fingerprint density at radius 3 is 2.36 bits per heavy atom. The first-order chi connectivity index (χ1) is 11.8. The van der Waals surface area contributed by atoms with E-state index in [1.807, 2.05) is 32.9 Å². The molecule has 1 fully saturated rings. The maximum absolute atomic E-state index is 12.7. The SMILES string of the molecule is COc1ccc(C2CNCCN2C(=O)OC(C)(C)C)c(OC)c1OC. The van der Waals surface area contributed by atoms with Gasteiger partial charge < -0.3 is 24.3 Å². The molecule has 1 aromatic rings. The first-order valence-corrected chi connectivity index (χ1v) is 8.31. The molecule has 1 aromatic carbocycles. The van der Waals surface area contributed by atoms with Crippen molar-refractivity contribution in [2.75, 3.05) is 41.0 Å². The number of ether oxygens (including phenoxy) is 4. The fourth-order valence-corrected chi connectivity index (χ4v) is 2.91. The van der Waals surface area contributed by atoms with Crippen molar-refractivity contribution >= 4 is 6.09 Å². The summed E-state index contributed by atoms with van der Waals surface area (Å²) in [6.45, 7) is 7.45. The number of rotatable bonds is 4. The van der Waals surface area contributed by atoms with Crippen LogP contribution in [0, 0.1) is 0 Å². The zero-order chi connectivity index (χ0) is 18.6. The van der Waals surface area contributed by atoms with Gasteiger partial charge in [0.2, 0.25) is 5.75 Å². The Hall–Kier alpha value is -2.15. The third kappa shape index (κ3) is 4.28. The fraction of sp³-hybridized carbons (Fsp3) is 0.611. The predicted octanol–water partition coefficient (Wildman–Crippen LogP) is 2.59. The van der Waals surface area contributed by atoms with Gasteiger partial charge in [-0.3, -0.25) is 4.90 Å². The maximum atomic E-state index is 12.7. The molecule has 0 spiro atoms. The molecule has 0 aliphatic carbocycles. The lowest BCUT2D eigenvalue weighted by Crippen LogP contribution is -2.50. The van der Waals surface area contributed by atoms with Crippen molar-refractivity contribution in [1.82, 2.24) is 10.2 Å². The van der Waals surface area contributed by atoms with E-state index in [4.69, 9.17) is 18.9 Å². The molecule has 1 aliphatic heterocycles. The monoisotopic (exact) mass is 352 g/mol. The van der Waals surface area contributed by atoms with Gasteiger partial charge >= 0.3 is 6.09 Å². The molecule has 1 N–H and O–H groups in total. The average Bonchev–Trinajstić information content (AvgIpc) is 2.58. The number of nitrogens with zero attached hydrogens (tertiary/aromatic N) is 1. The molecule has 1 amide bonds. The summed E-state index contributed by atoms with van der Waals surface area (Å²) in [5.41, 5.74) is 0.298. The van der Waals surface area contributed by atoms with Crippen LogP contribution < -0.4 is 19.5 Å². The molecule has 25 heavy (non-hydrogen) atoms. The van der Waals surface area contributed by atoms with Gasteiger partial charge in [-0.05, 0) is 32.9 Å². The van der Waals surface area contributed by atoms with Crippen LogP contribution in [-0.2, 0) is 4.74 Å². The lowest BCUT2D eigenvalue weighted by atomic mass is 10.0. The van der Waals surface area contributed by atoms with Crippen LogP contribution in [0.3, 0.4) is 0 Å². The van der Waals surface area contributed by atoms with Crippen LogP contribution in [0.25, 0.3) is 0 Å². The Labute approximate surface area is 149 Å². The molecule has 1 atom stereocenters. The second kappa shape index (κ2) is 7.82. The summed E-state index contributed by atoms with van der Waals surface area (Å²) >= 11 is 0. The number of amides is 1. The Morgan fingerprint density at radius 1 is 1.12 bits per heavy atom. The van der Waals surface area contributed by atoms with Gasteiger partial charge in [-0.2, -0.15) is 0 Å². The molecule has 1 aliphatic rings. The van der Waals surface area contributed by atoms with E-state index >= 15 is 0 Å². The smallest absolute Gasteiger partial charge is 0.410 e. The average molecular weight is 352 g/mol. The lowest BCUT2D eigenvalue weighted by molar-refractivity contribution is 0.0115. The predicted molar refractivity (Wildman–Crippen MR) is 94.6 cm³/mol. The van der Waals surface area contributed by atoms with Gasteiger partial charge in [0.15, 0.2) is 11.5 Å². The third-order valence-electron chi connectivity index (χ3n) is 3.97. The maximum Gasteiger partial charge on any atom is 0.410 e. The first kappa shape index (κ1) is 19.2. The Morgan fingerprint density at radius 2 is 1.80 bits per heavy atom. The van der Waals surface area contributed by atoms with E-state index in [0.29, 0.717) is 36.9 Å². The molecular weight excluding hydrogens is 324 g/mol. The van der Waals surface area contributed by atoms with Crippen molar-refractivity contribution in [2.45, 2.75) is 32.4 Å². The van der Waals surface area contributed by atoms with Crippen LogP contribution in [0.4, 0.5) is 4.79 Å². The van der Waals surface area contributed by atoms with Crippen LogP contribution in [0.2, 0.25) is 0 Å². The van der Waals surface area contributed by atoms with Gasteiger partial charge in [-0.15, -0.1) is 0 Å². The fourth-order valence-electron chi connectivity index (χ4n) is 2.91. The molecule has 0 aromatic heterocycles. The topological polar surface area (TPSA) is 69.3 Å². The van der Waals surface area contributed by atoms with E-state index in [1.54, 1.807) is 26.2 Å². The highest BCUT2D eigenvalue weighted by Crippen LogP contribution is 2.43.